The van der Waals surface area contributed by atoms with Gasteiger partial charge in [0.15, 0.2) is 0 Å². The standard InChI is InChI=1S/C33H34F2N4OS/c1-33(2)15-14-30(37-41-25-11-8-23(35)9-12-25)28-18-24(10-13-29(28)33)39(20-31-36-16-17-38(31)3)32(40)27-19-26(27)21-4-6-22(34)7-5-21/h4-13,16-18,26-27,30,37H,14-15,19-20H2,1-3H3/t26-,27+,30?/m1/s1. The Morgan fingerprint density at radius 3 is 2.46 bits per heavy atom. The molecule has 1 heterocycles. The molecular formula is C33H34F2N4OS. The average molecular weight is 573 g/mol. The Kier molecular flexibility index (Phi) is 7.47. The quantitative estimate of drug-likeness (QED) is 0.223. The minimum atomic E-state index is -0.272. The third-order valence-electron chi connectivity index (χ3n) is 8.53. The second kappa shape index (κ2) is 11.1. The van der Waals surface area contributed by atoms with Crippen molar-refractivity contribution in [2.24, 2.45) is 13.0 Å². The number of nitrogens with zero attached hydrogens (tertiary/aromatic N) is 3. The van der Waals surface area contributed by atoms with Crippen LogP contribution >= 0.6 is 11.9 Å². The number of nitrogens with one attached hydrogen (secondary N) is 1. The van der Waals surface area contributed by atoms with E-state index >= 15 is 0 Å². The number of rotatable bonds is 8. The van der Waals surface area contributed by atoms with E-state index < -0.39 is 0 Å². The highest BCUT2D eigenvalue weighted by Gasteiger charge is 2.46. The molecule has 2 aliphatic carbocycles. The van der Waals surface area contributed by atoms with Crippen LogP contribution in [-0.4, -0.2) is 15.5 Å². The minimum absolute atomic E-state index is 0.00523. The van der Waals surface area contributed by atoms with E-state index in [-0.39, 0.29) is 40.8 Å². The van der Waals surface area contributed by atoms with Crippen LogP contribution in [0.4, 0.5) is 14.5 Å². The number of carbonyl (C=O) groups is 1. The number of hydrogen-bond acceptors (Lipinski definition) is 4. The van der Waals surface area contributed by atoms with Gasteiger partial charge in [0, 0.05) is 42.0 Å². The first-order chi connectivity index (χ1) is 19.7. The first kappa shape index (κ1) is 27.7. The van der Waals surface area contributed by atoms with Gasteiger partial charge in [0.25, 0.3) is 0 Å². The third kappa shape index (κ3) is 5.81. The molecule has 4 aromatic rings. The van der Waals surface area contributed by atoms with Gasteiger partial charge in [0.1, 0.15) is 17.5 Å². The number of aryl methyl sites for hydroxylation is 1. The van der Waals surface area contributed by atoms with E-state index in [0.717, 1.165) is 41.2 Å². The molecule has 41 heavy (non-hydrogen) atoms. The topological polar surface area (TPSA) is 50.2 Å². The highest BCUT2D eigenvalue weighted by Crippen LogP contribution is 2.50. The van der Waals surface area contributed by atoms with E-state index in [2.05, 4.69) is 41.8 Å². The third-order valence-corrected chi connectivity index (χ3v) is 9.44. The van der Waals surface area contributed by atoms with Crippen LogP contribution in [0.1, 0.15) is 67.6 Å². The second-order valence-electron chi connectivity index (χ2n) is 11.8. The van der Waals surface area contributed by atoms with E-state index in [9.17, 15) is 13.6 Å². The van der Waals surface area contributed by atoms with Crippen molar-refractivity contribution in [3.8, 4) is 0 Å². The molecule has 3 atom stereocenters. The van der Waals surface area contributed by atoms with Gasteiger partial charge >= 0.3 is 0 Å². The molecule has 0 spiro atoms. The molecule has 2 aliphatic rings. The lowest BCUT2D eigenvalue weighted by molar-refractivity contribution is -0.120. The number of aromatic nitrogens is 2. The first-order valence-corrected chi connectivity index (χ1v) is 14.9. The molecule has 3 aromatic carbocycles. The summed E-state index contributed by atoms with van der Waals surface area (Å²) in [5.41, 5.74) is 4.29. The number of anilines is 1. The van der Waals surface area contributed by atoms with Gasteiger partial charge in [0.2, 0.25) is 5.91 Å². The zero-order chi connectivity index (χ0) is 28.7. The van der Waals surface area contributed by atoms with Gasteiger partial charge in [-0.3, -0.25) is 9.52 Å². The molecular weight excluding hydrogens is 538 g/mol. The Labute approximate surface area is 244 Å². The lowest BCUT2D eigenvalue weighted by Gasteiger charge is -2.38. The number of hydrogen-bond donors (Lipinski definition) is 1. The second-order valence-corrected chi connectivity index (χ2v) is 12.7. The van der Waals surface area contributed by atoms with Crippen molar-refractivity contribution in [2.75, 3.05) is 4.90 Å². The molecule has 1 saturated carbocycles. The van der Waals surface area contributed by atoms with Crippen molar-refractivity contribution in [3.63, 3.8) is 0 Å². The van der Waals surface area contributed by atoms with Crippen molar-refractivity contribution in [1.29, 1.82) is 0 Å². The van der Waals surface area contributed by atoms with Gasteiger partial charge in [-0.1, -0.05) is 32.0 Å². The summed E-state index contributed by atoms with van der Waals surface area (Å²) in [5, 5.41) is 0. The van der Waals surface area contributed by atoms with Crippen molar-refractivity contribution in [2.45, 2.75) is 61.9 Å². The maximum atomic E-state index is 14.1. The summed E-state index contributed by atoms with van der Waals surface area (Å²) < 4.78 is 32.5. The minimum Gasteiger partial charge on any atom is -0.337 e. The summed E-state index contributed by atoms with van der Waals surface area (Å²) >= 11 is 1.50. The molecule has 0 saturated heterocycles. The Hall–Kier alpha value is -3.49. The molecule has 1 N–H and O–H groups in total. The van der Waals surface area contributed by atoms with Crippen LogP contribution in [-0.2, 0) is 23.8 Å². The molecule has 0 radical (unpaired) electrons. The molecule has 6 rings (SSSR count). The van der Waals surface area contributed by atoms with Gasteiger partial charge in [-0.25, -0.2) is 13.8 Å². The highest BCUT2D eigenvalue weighted by atomic mass is 32.2. The van der Waals surface area contributed by atoms with E-state index in [4.69, 9.17) is 0 Å². The molecule has 212 valence electrons. The SMILES string of the molecule is Cn1ccnc1CN(C(=O)[C@H]1C[C@@H]1c1ccc(F)cc1)c1ccc2c(c1)C(NSc1ccc(F)cc1)CCC2(C)C. The predicted molar refractivity (Wildman–Crippen MR) is 158 cm³/mol. The zero-order valence-corrected chi connectivity index (χ0v) is 24.3. The van der Waals surface area contributed by atoms with Gasteiger partial charge in [-0.05, 0) is 108 Å². The molecule has 1 unspecified atom stereocenters. The average Bonchev–Trinajstić information content (AvgIpc) is 3.66. The van der Waals surface area contributed by atoms with Crippen molar-refractivity contribution in [1.82, 2.24) is 14.3 Å². The van der Waals surface area contributed by atoms with Gasteiger partial charge in [0.05, 0.1) is 6.54 Å². The van der Waals surface area contributed by atoms with Crippen molar-refractivity contribution < 1.29 is 13.6 Å². The number of fused-ring (bicyclic) bond motifs is 1. The van der Waals surface area contributed by atoms with Crippen LogP contribution in [0.3, 0.4) is 0 Å². The molecule has 1 amide bonds. The number of amides is 1. The van der Waals surface area contributed by atoms with Crippen LogP contribution in [0.15, 0.2) is 84.0 Å². The zero-order valence-electron chi connectivity index (χ0n) is 23.5. The highest BCUT2D eigenvalue weighted by molar-refractivity contribution is 7.97. The smallest absolute Gasteiger partial charge is 0.231 e. The van der Waals surface area contributed by atoms with Gasteiger partial charge < -0.3 is 9.47 Å². The van der Waals surface area contributed by atoms with Gasteiger partial charge in [-0.15, -0.1) is 0 Å². The van der Waals surface area contributed by atoms with Crippen molar-refractivity contribution in [3.05, 3.63) is 113 Å². The predicted octanol–water partition coefficient (Wildman–Crippen LogP) is 7.44. The van der Waals surface area contributed by atoms with Crippen LogP contribution in [0, 0.1) is 17.6 Å². The fourth-order valence-corrected chi connectivity index (χ4v) is 6.71. The monoisotopic (exact) mass is 572 g/mol. The molecule has 0 aliphatic heterocycles. The first-order valence-electron chi connectivity index (χ1n) is 14.0. The summed E-state index contributed by atoms with van der Waals surface area (Å²) in [7, 11) is 1.94. The molecule has 5 nitrogen and oxygen atoms in total. The lowest BCUT2D eigenvalue weighted by atomic mass is 9.71. The normalized spacial score (nSPS) is 20.9. The summed E-state index contributed by atoms with van der Waals surface area (Å²) in [6.45, 7) is 4.89. The van der Waals surface area contributed by atoms with E-state index in [1.54, 1.807) is 30.5 Å². The Balaban J connectivity index is 1.31. The van der Waals surface area contributed by atoms with Crippen LogP contribution < -0.4 is 9.62 Å². The van der Waals surface area contributed by atoms with Crippen LogP contribution in [0.2, 0.25) is 0 Å². The van der Waals surface area contributed by atoms with Gasteiger partial charge in [-0.2, -0.15) is 0 Å². The Morgan fingerprint density at radius 1 is 1.07 bits per heavy atom. The molecule has 1 fully saturated rings. The number of imidazole rings is 1. The largest absolute Gasteiger partial charge is 0.337 e. The number of carbonyl (C=O) groups excluding carboxylic acids is 1. The summed E-state index contributed by atoms with van der Waals surface area (Å²) in [5.74, 6) is 0.269. The van der Waals surface area contributed by atoms with E-state index in [0.29, 0.717) is 6.54 Å². The summed E-state index contributed by atoms with van der Waals surface area (Å²) in [6.07, 6.45) is 6.35. The molecule has 1 aromatic heterocycles. The number of benzene rings is 3. The fraction of sp³-hybridized carbons (Fsp3) is 0.333. The van der Waals surface area contributed by atoms with Crippen LogP contribution in [0.25, 0.3) is 0 Å². The Morgan fingerprint density at radius 2 is 1.78 bits per heavy atom. The molecule has 8 heteroatoms. The number of halogens is 2. The fourth-order valence-electron chi connectivity index (χ4n) is 5.92. The summed E-state index contributed by atoms with van der Waals surface area (Å²) in [6, 6.07) is 19.5. The van der Waals surface area contributed by atoms with Crippen molar-refractivity contribution >= 4 is 23.5 Å². The van der Waals surface area contributed by atoms with E-state index in [1.807, 2.05) is 22.7 Å². The molecule has 0 bridgehead atoms. The summed E-state index contributed by atoms with van der Waals surface area (Å²) in [4.78, 5) is 21.4. The van der Waals surface area contributed by atoms with Crippen LogP contribution in [0.5, 0.6) is 0 Å². The van der Waals surface area contributed by atoms with E-state index in [1.165, 1.54) is 47.3 Å². The maximum Gasteiger partial charge on any atom is 0.231 e. The maximum absolute atomic E-state index is 14.1. The Bertz CT molecular complexity index is 1550. The lowest BCUT2D eigenvalue weighted by Crippen LogP contribution is -2.35.